The van der Waals surface area contributed by atoms with Crippen molar-refractivity contribution in [3.63, 3.8) is 0 Å². The minimum Gasteiger partial charge on any atom is -0.457 e. The molecule has 3 N–H and O–H groups in total. The number of aryl methyl sites for hydroxylation is 1. The van der Waals surface area contributed by atoms with Crippen LogP contribution in [0.15, 0.2) is 84.9 Å². The fourth-order valence-corrected chi connectivity index (χ4v) is 3.70. The van der Waals surface area contributed by atoms with E-state index in [1.165, 1.54) is 5.56 Å². The van der Waals surface area contributed by atoms with Crippen LogP contribution in [0.4, 0.5) is 11.8 Å². The van der Waals surface area contributed by atoms with Gasteiger partial charge in [0.05, 0.1) is 11.1 Å². The fourth-order valence-electron chi connectivity index (χ4n) is 3.70. The second-order valence-electron chi connectivity index (χ2n) is 7.71. The molecule has 3 aromatic carbocycles. The summed E-state index contributed by atoms with van der Waals surface area (Å²) in [5.41, 5.74) is 9.73. The number of anilines is 2. The summed E-state index contributed by atoms with van der Waals surface area (Å²) in [4.78, 5) is 9.41. The number of nitrogens with zero attached hydrogens (tertiary/aromatic N) is 4. The second kappa shape index (κ2) is 9.00. The lowest BCUT2D eigenvalue weighted by Crippen LogP contribution is -2.08. The molecule has 0 saturated heterocycles. The number of fused-ring (bicyclic) bond motifs is 1. The fraction of sp³-hybridized carbons (Fsp3) is 0.115. The Morgan fingerprint density at radius 1 is 0.879 bits per heavy atom. The predicted octanol–water partition coefficient (Wildman–Crippen LogP) is 5.06. The lowest BCUT2D eigenvalue weighted by Gasteiger charge is -2.10. The van der Waals surface area contributed by atoms with Gasteiger partial charge >= 0.3 is 0 Å². The molecule has 2 heterocycles. The second-order valence-corrected chi connectivity index (χ2v) is 7.71. The molecule has 0 amide bonds. The summed E-state index contributed by atoms with van der Waals surface area (Å²) in [7, 11) is 1.80. The van der Waals surface area contributed by atoms with E-state index in [4.69, 9.17) is 15.5 Å². The molecule has 0 spiro atoms. The number of nitrogens with one attached hydrogen (secondary N) is 1. The Morgan fingerprint density at radius 2 is 1.61 bits per heavy atom. The van der Waals surface area contributed by atoms with Gasteiger partial charge in [0.25, 0.3) is 0 Å². The minimum absolute atomic E-state index is 0.515. The van der Waals surface area contributed by atoms with Gasteiger partial charge in [0.1, 0.15) is 17.3 Å². The van der Waals surface area contributed by atoms with Gasteiger partial charge in [-0.1, -0.05) is 60.7 Å². The summed E-state index contributed by atoms with van der Waals surface area (Å²) in [6.45, 7) is 0.703. The van der Waals surface area contributed by atoms with E-state index < -0.39 is 0 Å². The molecular formula is C26H24N6O. The number of hydrogen-bond donors (Lipinski definition) is 2. The van der Waals surface area contributed by atoms with E-state index in [2.05, 4.69) is 27.5 Å². The van der Waals surface area contributed by atoms with Crippen LogP contribution in [0, 0.1) is 0 Å². The van der Waals surface area contributed by atoms with E-state index in [9.17, 15) is 0 Å². The number of hydrogen-bond acceptors (Lipinski definition) is 6. The Bertz CT molecular complexity index is 1380. The molecule has 0 aliphatic heterocycles. The van der Waals surface area contributed by atoms with Crippen LogP contribution in [-0.2, 0) is 13.5 Å². The highest BCUT2D eigenvalue weighted by atomic mass is 16.5. The molecule has 0 unspecified atom stereocenters. The van der Waals surface area contributed by atoms with Gasteiger partial charge in [0.2, 0.25) is 5.95 Å². The van der Waals surface area contributed by atoms with E-state index in [-0.39, 0.29) is 0 Å². The highest BCUT2D eigenvalue weighted by Gasteiger charge is 2.17. The molecule has 7 heteroatoms. The number of benzene rings is 3. The Morgan fingerprint density at radius 3 is 2.39 bits per heavy atom. The smallest absolute Gasteiger partial charge is 0.225 e. The number of nitrogens with two attached hydrogens (primary N) is 1. The van der Waals surface area contributed by atoms with Crippen LogP contribution >= 0.6 is 0 Å². The molecule has 0 aliphatic rings. The molecule has 7 nitrogen and oxygen atoms in total. The Kier molecular flexibility index (Phi) is 5.59. The molecule has 0 fully saturated rings. The average molecular weight is 437 g/mol. The predicted molar refractivity (Wildman–Crippen MR) is 131 cm³/mol. The standard InChI is InChI=1S/C26H24N6O/c1-32-24(27)22-23(19-11-8-14-21(17-19)33-20-12-6-3-7-13-20)29-26(30-25(22)31-32)28-16-15-18-9-4-2-5-10-18/h2-14,17H,15-16,27H2,1H3,(H,28,30,31). The van der Waals surface area contributed by atoms with Crippen molar-refractivity contribution in [2.75, 3.05) is 17.6 Å². The largest absolute Gasteiger partial charge is 0.457 e. The van der Waals surface area contributed by atoms with E-state index in [0.29, 0.717) is 35.4 Å². The summed E-state index contributed by atoms with van der Waals surface area (Å²) in [6.07, 6.45) is 0.863. The van der Waals surface area contributed by atoms with Crippen LogP contribution in [0.5, 0.6) is 11.5 Å². The molecule has 164 valence electrons. The lowest BCUT2D eigenvalue weighted by molar-refractivity contribution is 0.483. The summed E-state index contributed by atoms with van der Waals surface area (Å²) in [6, 6.07) is 27.8. The first-order valence-corrected chi connectivity index (χ1v) is 10.8. The third kappa shape index (κ3) is 4.48. The molecule has 5 aromatic rings. The molecule has 5 rings (SSSR count). The lowest BCUT2D eigenvalue weighted by atomic mass is 10.1. The van der Waals surface area contributed by atoms with Crippen LogP contribution in [-0.4, -0.2) is 26.3 Å². The minimum atomic E-state index is 0.515. The van der Waals surface area contributed by atoms with Crippen molar-refractivity contribution in [3.05, 3.63) is 90.5 Å². The van der Waals surface area contributed by atoms with Crippen molar-refractivity contribution in [1.82, 2.24) is 19.7 Å². The summed E-state index contributed by atoms with van der Waals surface area (Å²) in [5, 5.41) is 8.55. The van der Waals surface area contributed by atoms with Crippen LogP contribution in [0.1, 0.15) is 5.56 Å². The van der Waals surface area contributed by atoms with Crippen molar-refractivity contribution < 1.29 is 4.74 Å². The maximum atomic E-state index is 6.33. The maximum Gasteiger partial charge on any atom is 0.225 e. The van der Waals surface area contributed by atoms with Crippen molar-refractivity contribution in [3.8, 4) is 22.8 Å². The van der Waals surface area contributed by atoms with Crippen molar-refractivity contribution in [2.24, 2.45) is 7.05 Å². The number of aromatic nitrogens is 4. The van der Waals surface area contributed by atoms with Gasteiger partial charge in [-0.25, -0.2) is 4.98 Å². The van der Waals surface area contributed by atoms with Crippen LogP contribution in [0.25, 0.3) is 22.3 Å². The normalized spacial score (nSPS) is 10.9. The first-order valence-electron chi connectivity index (χ1n) is 10.8. The van der Waals surface area contributed by atoms with Gasteiger partial charge in [-0.2, -0.15) is 10.1 Å². The van der Waals surface area contributed by atoms with Gasteiger partial charge in [-0.15, -0.1) is 0 Å². The van der Waals surface area contributed by atoms with Gasteiger partial charge in [0, 0.05) is 19.2 Å². The van der Waals surface area contributed by atoms with Crippen molar-refractivity contribution in [2.45, 2.75) is 6.42 Å². The van der Waals surface area contributed by atoms with Crippen molar-refractivity contribution in [1.29, 1.82) is 0 Å². The first-order chi connectivity index (χ1) is 16.2. The van der Waals surface area contributed by atoms with Gasteiger partial charge in [-0.3, -0.25) is 4.68 Å². The molecule has 0 atom stereocenters. The number of para-hydroxylation sites is 1. The zero-order valence-electron chi connectivity index (χ0n) is 18.3. The molecule has 0 bridgehead atoms. The number of rotatable bonds is 7. The maximum absolute atomic E-state index is 6.33. The Balaban J connectivity index is 1.48. The SMILES string of the molecule is Cn1nc2nc(NCCc3ccccc3)nc(-c3cccc(Oc4ccccc4)c3)c2c1N. The van der Waals surface area contributed by atoms with Gasteiger partial charge in [-0.05, 0) is 36.2 Å². The summed E-state index contributed by atoms with van der Waals surface area (Å²) < 4.78 is 7.65. The zero-order chi connectivity index (χ0) is 22.6. The topological polar surface area (TPSA) is 90.9 Å². The van der Waals surface area contributed by atoms with Crippen LogP contribution in [0.2, 0.25) is 0 Å². The van der Waals surface area contributed by atoms with E-state index in [0.717, 1.165) is 23.1 Å². The first kappa shape index (κ1) is 20.5. The Hall–Kier alpha value is -4.39. The quantitative estimate of drug-likeness (QED) is 0.371. The highest BCUT2D eigenvalue weighted by Crippen LogP contribution is 2.33. The van der Waals surface area contributed by atoms with E-state index >= 15 is 0 Å². The number of nitrogen functional groups attached to an aromatic ring is 1. The van der Waals surface area contributed by atoms with Gasteiger partial charge in [0.15, 0.2) is 5.65 Å². The third-order valence-corrected chi connectivity index (χ3v) is 5.37. The highest BCUT2D eigenvalue weighted by molar-refractivity contribution is 5.99. The average Bonchev–Trinajstić information content (AvgIpc) is 3.13. The molecule has 0 saturated carbocycles. The molecule has 0 radical (unpaired) electrons. The Labute approximate surface area is 191 Å². The molecule has 0 aliphatic carbocycles. The summed E-state index contributed by atoms with van der Waals surface area (Å²) in [5.74, 6) is 2.52. The van der Waals surface area contributed by atoms with Crippen LogP contribution in [0.3, 0.4) is 0 Å². The van der Waals surface area contributed by atoms with Gasteiger partial charge < -0.3 is 15.8 Å². The monoisotopic (exact) mass is 436 g/mol. The van der Waals surface area contributed by atoms with E-state index in [1.54, 1.807) is 11.7 Å². The molecule has 33 heavy (non-hydrogen) atoms. The summed E-state index contributed by atoms with van der Waals surface area (Å²) >= 11 is 0. The molecular weight excluding hydrogens is 412 g/mol. The van der Waals surface area contributed by atoms with Crippen molar-refractivity contribution >= 4 is 22.8 Å². The number of ether oxygens (including phenoxy) is 1. The third-order valence-electron chi connectivity index (χ3n) is 5.37. The zero-order valence-corrected chi connectivity index (χ0v) is 18.3. The van der Waals surface area contributed by atoms with E-state index in [1.807, 2.05) is 72.8 Å². The molecule has 2 aromatic heterocycles. The van der Waals surface area contributed by atoms with Crippen LogP contribution < -0.4 is 15.8 Å².